The minimum atomic E-state index is -0.179. The molecule has 1 atom stereocenters. The van der Waals surface area contributed by atoms with Crippen molar-refractivity contribution in [2.24, 2.45) is 0 Å². The maximum absolute atomic E-state index is 12.0. The Kier molecular flexibility index (Phi) is 4.66. The van der Waals surface area contributed by atoms with Crippen LogP contribution in [0.5, 0.6) is 0 Å². The van der Waals surface area contributed by atoms with Crippen LogP contribution in [-0.4, -0.2) is 28.8 Å². The number of carbonyl (C=O) groups is 1. The van der Waals surface area contributed by atoms with Crippen molar-refractivity contribution in [3.05, 3.63) is 30.2 Å². The van der Waals surface area contributed by atoms with Gasteiger partial charge < -0.3 is 14.6 Å². The number of anilines is 1. The van der Waals surface area contributed by atoms with Crippen LogP contribution in [0.4, 0.5) is 5.69 Å². The van der Waals surface area contributed by atoms with E-state index in [0.717, 1.165) is 30.7 Å². The van der Waals surface area contributed by atoms with E-state index in [9.17, 15) is 4.79 Å². The fourth-order valence-electron chi connectivity index (χ4n) is 2.57. The molecule has 1 aliphatic heterocycles. The number of nitrogens with zero attached hydrogens (tertiary/aromatic N) is 2. The average Bonchev–Trinajstić information content (AvgIpc) is 3.18. The lowest BCUT2D eigenvalue weighted by Gasteiger charge is -2.10. The van der Waals surface area contributed by atoms with Crippen LogP contribution in [0.2, 0.25) is 0 Å². The molecule has 0 spiro atoms. The van der Waals surface area contributed by atoms with Gasteiger partial charge in [-0.3, -0.25) is 4.79 Å². The maximum Gasteiger partial charge on any atom is 0.232 e. The summed E-state index contributed by atoms with van der Waals surface area (Å²) in [7, 11) is 0. The standard InChI is InChI=1S/C18H23N3O3/c1-18(2,3)17-20-16(21-24-17)12-6-8-13(9-7-12)19-15(22)11-14-5-4-10-23-14/h6-9,14H,4-5,10-11H2,1-3H3,(H,19,22). The van der Waals surface area contributed by atoms with E-state index >= 15 is 0 Å². The molecule has 1 aromatic carbocycles. The van der Waals surface area contributed by atoms with Crippen molar-refractivity contribution >= 4 is 11.6 Å². The number of rotatable bonds is 4. The van der Waals surface area contributed by atoms with Crippen LogP contribution in [0.1, 0.15) is 45.9 Å². The second-order valence-electron chi connectivity index (χ2n) is 7.14. The molecule has 0 saturated carbocycles. The Balaban J connectivity index is 1.62. The molecule has 1 saturated heterocycles. The Labute approximate surface area is 141 Å². The van der Waals surface area contributed by atoms with Gasteiger partial charge >= 0.3 is 0 Å². The van der Waals surface area contributed by atoms with E-state index < -0.39 is 0 Å². The van der Waals surface area contributed by atoms with Gasteiger partial charge in [-0.15, -0.1) is 0 Å². The van der Waals surface area contributed by atoms with Gasteiger partial charge in [0.25, 0.3) is 0 Å². The van der Waals surface area contributed by atoms with Crippen molar-refractivity contribution in [3.63, 3.8) is 0 Å². The number of benzene rings is 1. The molecular formula is C18H23N3O3. The van der Waals surface area contributed by atoms with Crippen LogP contribution in [0, 0.1) is 0 Å². The summed E-state index contributed by atoms with van der Waals surface area (Å²) in [5.74, 6) is 1.13. The molecule has 0 bridgehead atoms. The molecule has 0 radical (unpaired) electrons. The van der Waals surface area contributed by atoms with Gasteiger partial charge in [-0.05, 0) is 37.1 Å². The topological polar surface area (TPSA) is 77.2 Å². The van der Waals surface area contributed by atoms with E-state index in [4.69, 9.17) is 9.26 Å². The highest BCUT2D eigenvalue weighted by atomic mass is 16.5. The van der Waals surface area contributed by atoms with E-state index in [-0.39, 0.29) is 17.4 Å². The lowest BCUT2D eigenvalue weighted by Crippen LogP contribution is -2.19. The molecule has 24 heavy (non-hydrogen) atoms. The molecule has 1 aromatic heterocycles. The van der Waals surface area contributed by atoms with Gasteiger partial charge in [0.15, 0.2) is 0 Å². The zero-order chi connectivity index (χ0) is 17.2. The molecule has 1 fully saturated rings. The van der Waals surface area contributed by atoms with Crippen LogP contribution in [-0.2, 0) is 14.9 Å². The SMILES string of the molecule is CC(C)(C)c1nc(-c2ccc(NC(=O)CC3CCCO3)cc2)no1. The Morgan fingerprint density at radius 3 is 2.62 bits per heavy atom. The Morgan fingerprint density at radius 2 is 2.04 bits per heavy atom. The molecule has 6 heteroatoms. The van der Waals surface area contributed by atoms with Crippen molar-refractivity contribution in [1.82, 2.24) is 10.1 Å². The number of ether oxygens (including phenoxy) is 1. The molecule has 1 amide bonds. The molecule has 128 valence electrons. The van der Waals surface area contributed by atoms with Gasteiger partial charge in [-0.2, -0.15) is 4.98 Å². The van der Waals surface area contributed by atoms with E-state index in [1.54, 1.807) is 0 Å². The van der Waals surface area contributed by atoms with Gasteiger partial charge in [-0.1, -0.05) is 25.9 Å². The predicted molar refractivity (Wildman–Crippen MR) is 90.7 cm³/mol. The summed E-state index contributed by atoms with van der Waals surface area (Å²) < 4.78 is 10.8. The highest BCUT2D eigenvalue weighted by molar-refractivity contribution is 5.91. The second-order valence-corrected chi connectivity index (χ2v) is 7.14. The van der Waals surface area contributed by atoms with Gasteiger partial charge in [0.1, 0.15) is 0 Å². The minimum absolute atomic E-state index is 0.0239. The van der Waals surface area contributed by atoms with Crippen LogP contribution < -0.4 is 5.32 Å². The number of carbonyl (C=O) groups excluding carboxylic acids is 1. The van der Waals surface area contributed by atoms with E-state index in [2.05, 4.69) is 15.5 Å². The maximum atomic E-state index is 12.0. The number of amides is 1. The van der Waals surface area contributed by atoms with Crippen molar-refractivity contribution in [2.45, 2.75) is 51.6 Å². The normalized spacial score (nSPS) is 17.9. The third kappa shape index (κ3) is 4.00. The zero-order valence-corrected chi connectivity index (χ0v) is 14.3. The fourth-order valence-corrected chi connectivity index (χ4v) is 2.57. The number of aromatic nitrogens is 2. The summed E-state index contributed by atoms with van der Waals surface area (Å²) in [6, 6.07) is 7.43. The highest BCUT2D eigenvalue weighted by Crippen LogP contribution is 2.24. The Hall–Kier alpha value is -2.21. The molecule has 1 unspecified atom stereocenters. The summed E-state index contributed by atoms with van der Waals surface area (Å²) in [5.41, 5.74) is 1.43. The quantitative estimate of drug-likeness (QED) is 0.928. The molecule has 1 aliphatic rings. The lowest BCUT2D eigenvalue weighted by molar-refractivity contribution is -0.118. The molecule has 3 rings (SSSR count). The van der Waals surface area contributed by atoms with Gasteiger partial charge in [-0.25, -0.2) is 0 Å². The first-order valence-corrected chi connectivity index (χ1v) is 8.28. The smallest absolute Gasteiger partial charge is 0.232 e. The van der Waals surface area contributed by atoms with Crippen molar-refractivity contribution < 1.29 is 14.1 Å². The summed E-state index contributed by atoms with van der Waals surface area (Å²) in [6.45, 7) is 6.83. The summed E-state index contributed by atoms with van der Waals surface area (Å²) in [4.78, 5) is 16.4. The second kappa shape index (κ2) is 6.73. The Morgan fingerprint density at radius 1 is 1.29 bits per heavy atom. The monoisotopic (exact) mass is 329 g/mol. The Bertz CT molecular complexity index is 695. The summed E-state index contributed by atoms with van der Waals surface area (Å²) >= 11 is 0. The van der Waals surface area contributed by atoms with Crippen LogP contribution in [0.15, 0.2) is 28.8 Å². The van der Waals surface area contributed by atoms with Crippen LogP contribution >= 0.6 is 0 Å². The van der Waals surface area contributed by atoms with Crippen molar-refractivity contribution in [2.75, 3.05) is 11.9 Å². The third-order valence-corrected chi connectivity index (χ3v) is 3.93. The lowest BCUT2D eigenvalue weighted by atomic mass is 9.97. The summed E-state index contributed by atoms with van der Waals surface area (Å²) in [6.07, 6.45) is 2.45. The number of hydrogen-bond acceptors (Lipinski definition) is 5. The number of hydrogen-bond donors (Lipinski definition) is 1. The average molecular weight is 329 g/mol. The molecule has 2 heterocycles. The first-order chi connectivity index (χ1) is 11.4. The zero-order valence-electron chi connectivity index (χ0n) is 14.3. The van der Waals surface area contributed by atoms with Gasteiger partial charge in [0.2, 0.25) is 17.6 Å². The minimum Gasteiger partial charge on any atom is -0.378 e. The van der Waals surface area contributed by atoms with Crippen LogP contribution in [0.25, 0.3) is 11.4 Å². The van der Waals surface area contributed by atoms with E-state index in [1.807, 2.05) is 45.0 Å². The molecule has 2 aromatic rings. The predicted octanol–water partition coefficient (Wildman–Crippen LogP) is 3.54. The van der Waals surface area contributed by atoms with Crippen molar-refractivity contribution in [3.8, 4) is 11.4 Å². The highest BCUT2D eigenvalue weighted by Gasteiger charge is 2.22. The molecule has 0 aliphatic carbocycles. The largest absolute Gasteiger partial charge is 0.378 e. The summed E-state index contributed by atoms with van der Waals surface area (Å²) in [5, 5.41) is 6.92. The van der Waals surface area contributed by atoms with Crippen LogP contribution in [0.3, 0.4) is 0 Å². The molecular weight excluding hydrogens is 306 g/mol. The first kappa shape index (κ1) is 16.6. The first-order valence-electron chi connectivity index (χ1n) is 8.28. The van der Waals surface area contributed by atoms with Gasteiger partial charge in [0.05, 0.1) is 12.5 Å². The van der Waals surface area contributed by atoms with E-state index in [1.165, 1.54) is 0 Å². The third-order valence-electron chi connectivity index (χ3n) is 3.93. The fraction of sp³-hybridized carbons (Fsp3) is 0.500. The van der Waals surface area contributed by atoms with Gasteiger partial charge in [0, 0.05) is 23.3 Å². The van der Waals surface area contributed by atoms with Crippen molar-refractivity contribution in [1.29, 1.82) is 0 Å². The molecule has 6 nitrogen and oxygen atoms in total. The number of nitrogens with one attached hydrogen (secondary N) is 1. The molecule has 1 N–H and O–H groups in total. The van der Waals surface area contributed by atoms with E-state index in [0.29, 0.717) is 18.1 Å².